The van der Waals surface area contributed by atoms with E-state index in [1.54, 1.807) is 4.90 Å². The second-order valence-corrected chi connectivity index (χ2v) is 6.65. The molecule has 0 spiro atoms. The Kier molecular flexibility index (Phi) is 3.93. The number of fused-ring (bicyclic) bond motifs is 1. The van der Waals surface area contributed by atoms with Crippen LogP contribution < -0.4 is 15.0 Å². The number of carbonyl (C=O) groups is 1. The Balaban J connectivity index is 2.22. The molecular weight excluding hydrogens is 252 g/mol. The van der Waals surface area contributed by atoms with E-state index in [2.05, 4.69) is 32.2 Å². The van der Waals surface area contributed by atoms with Gasteiger partial charge in [0.25, 0.3) is 0 Å². The molecule has 0 saturated carbocycles. The van der Waals surface area contributed by atoms with Gasteiger partial charge in [0.05, 0.1) is 12.2 Å². The number of ether oxygens (including phenoxy) is 1. The number of benzene rings is 1. The molecule has 4 heteroatoms. The van der Waals surface area contributed by atoms with Crippen LogP contribution in [0.4, 0.5) is 10.5 Å². The number of hydrogen-bond donors (Lipinski definition) is 1. The first-order valence-electron chi connectivity index (χ1n) is 7.07. The van der Waals surface area contributed by atoms with Gasteiger partial charge in [0.15, 0.2) is 0 Å². The van der Waals surface area contributed by atoms with Crippen molar-refractivity contribution in [1.29, 1.82) is 0 Å². The Morgan fingerprint density at radius 1 is 1.35 bits per heavy atom. The molecule has 1 aromatic carbocycles. The summed E-state index contributed by atoms with van der Waals surface area (Å²) in [5, 5.41) is 3.01. The van der Waals surface area contributed by atoms with Crippen LogP contribution in [0.15, 0.2) is 12.1 Å². The van der Waals surface area contributed by atoms with Gasteiger partial charge in [-0.1, -0.05) is 26.8 Å². The fourth-order valence-electron chi connectivity index (χ4n) is 2.37. The van der Waals surface area contributed by atoms with Crippen LogP contribution >= 0.6 is 0 Å². The van der Waals surface area contributed by atoms with Gasteiger partial charge in [0, 0.05) is 6.54 Å². The van der Waals surface area contributed by atoms with Crippen LogP contribution in [0.3, 0.4) is 0 Å². The molecule has 20 heavy (non-hydrogen) atoms. The van der Waals surface area contributed by atoms with Crippen molar-refractivity contribution < 1.29 is 9.53 Å². The second kappa shape index (κ2) is 5.35. The minimum absolute atomic E-state index is 0.0450. The molecule has 0 bridgehead atoms. The summed E-state index contributed by atoms with van der Waals surface area (Å²) < 4.78 is 5.69. The number of aryl methyl sites for hydroxylation is 2. The monoisotopic (exact) mass is 276 g/mol. The highest BCUT2D eigenvalue weighted by Gasteiger charge is 2.26. The van der Waals surface area contributed by atoms with E-state index < -0.39 is 0 Å². The maximum absolute atomic E-state index is 12.4. The third-order valence-electron chi connectivity index (χ3n) is 3.27. The minimum atomic E-state index is -0.0450. The Bertz CT molecular complexity index is 518. The van der Waals surface area contributed by atoms with Crippen LogP contribution in [0.1, 0.15) is 31.9 Å². The summed E-state index contributed by atoms with van der Waals surface area (Å²) in [6.45, 7) is 12.2. The molecule has 0 unspecified atom stereocenters. The number of amides is 2. The molecule has 2 amide bonds. The normalized spacial score (nSPS) is 14.6. The molecule has 110 valence electrons. The molecule has 2 rings (SSSR count). The predicted molar refractivity (Wildman–Crippen MR) is 81.6 cm³/mol. The van der Waals surface area contributed by atoms with Crippen molar-refractivity contribution >= 4 is 11.7 Å². The fourth-order valence-corrected chi connectivity index (χ4v) is 2.37. The Hall–Kier alpha value is -1.71. The van der Waals surface area contributed by atoms with E-state index in [0.717, 1.165) is 22.6 Å². The van der Waals surface area contributed by atoms with E-state index in [0.29, 0.717) is 19.7 Å². The summed E-state index contributed by atoms with van der Waals surface area (Å²) in [6.07, 6.45) is 0. The zero-order valence-electron chi connectivity index (χ0n) is 13.0. The summed E-state index contributed by atoms with van der Waals surface area (Å²) >= 11 is 0. The number of carbonyl (C=O) groups excluding carboxylic acids is 1. The van der Waals surface area contributed by atoms with E-state index in [1.807, 2.05) is 19.9 Å². The van der Waals surface area contributed by atoms with Crippen LogP contribution in [-0.4, -0.2) is 25.7 Å². The number of urea groups is 1. The lowest BCUT2D eigenvalue weighted by Gasteiger charge is -2.32. The van der Waals surface area contributed by atoms with Crippen molar-refractivity contribution in [2.24, 2.45) is 5.41 Å². The number of anilines is 1. The van der Waals surface area contributed by atoms with E-state index >= 15 is 0 Å². The predicted octanol–water partition coefficient (Wildman–Crippen LogP) is 3.26. The van der Waals surface area contributed by atoms with Crippen LogP contribution in [-0.2, 0) is 0 Å². The number of nitrogens with one attached hydrogen (secondary N) is 1. The molecule has 1 heterocycles. The quantitative estimate of drug-likeness (QED) is 0.855. The summed E-state index contributed by atoms with van der Waals surface area (Å²) in [5.74, 6) is 0.805. The van der Waals surface area contributed by atoms with Crippen LogP contribution in [0, 0.1) is 19.3 Å². The van der Waals surface area contributed by atoms with Gasteiger partial charge in [0.2, 0.25) is 0 Å². The molecule has 0 radical (unpaired) electrons. The van der Waals surface area contributed by atoms with Gasteiger partial charge in [-0.3, -0.25) is 4.90 Å². The molecule has 0 aliphatic carbocycles. The van der Waals surface area contributed by atoms with Crippen LogP contribution in [0.25, 0.3) is 0 Å². The van der Waals surface area contributed by atoms with E-state index in [9.17, 15) is 4.79 Å². The van der Waals surface area contributed by atoms with Gasteiger partial charge in [-0.15, -0.1) is 0 Å². The summed E-state index contributed by atoms with van der Waals surface area (Å²) in [6, 6.07) is 4.03. The largest absolute Gasteiger partial charge is 0.490 e. The Morgan fingerprint density at radius 3 is 2.70 bits per heavy atom. The van der Waals surface area contributed by atoms with Gasteiger partial charge in [-0.25, -0.2) is 4.79 Å². The molecule has 1 aliphatic heterocycles. The maximum Gasteiger partial charge on any atom is 0.322 e. The van der Waals surface area contributed by atoms with E-state index in [4.69, 9.17) is 4.74 Å². The number of nitrogens with zero attached hydrogens (tertiary/aromatic N) is 1. The Labute approximate surface area is 121 Å². The fraction of sp³-hybridized carbons (Fsp3) is 0.562. The molecule has 1 N–H and O–H groups in total. The lowest BCUT2D eigenvalue weighted by Crippen LogP contribution is -2.46. The lowest BCUT2D eigenvalue weighted by atomic mass is 9.97. The average molecular weight is 276 g/mol. The standard InChI is InChI=1S/C16H24N2O2/c1-11-8-12(2)14-13(9-11)20-7-6-18(14)15(19)17-10-16(3,4)5/h8-9H,6-7,10H2,1-5H3,(H,17,19). The maximum atomic E-state index is 12.4. The third-order valence-corrected chi connectivity index (χ3v) is 3.27. The van der Waals surface area contributed by atoms with Gasteiger partial charge in [0.1, 0.15) is 12.4 Å². The first-order chi connectivity index (χ1) is 9.28. The smallest absolute Gasteiger partial charge is 0.322 e. The molecule has 0 fully saturated rings. The van der Waals surface area contributed by atoms with Crippen molar-refractivity contribution in [2.45, 2.75) is 34.6 Å². The molecule has 1 aromatic rings. The Morgan fingerprint density at radius 2 is 2.05 bits per heavy atom. The lowest BCUT2D eigenvalue weighted by molar-refractivity contribution is 0.235. The molecule has 1 aliphatic rings. The third kappa shape index (κ3) is 3.24. The van der Waals surface area contributed by atoms with Crippen molar-refractivity contribution in [2.75, 3.05) is 24.6 Å². The first kappa shape index (κ1) is 14.7. The summed E-state index contributed by atoms with van der Waals surface area (Å²) in [5.41, 5.74) is 3.20. The van der Waals surface area contributed by atoms with Crippen LogP contribution in [0.2, 0.25) is 0 Å². The van der Waals surface area contributed by atoms with Gasteiger partial charge >= 0.3 is 6.03 Å². The van der Waals surface area contributed by atoms with E-state index in [-0.39, 0.29) is 11.4 Å². The summed E-state index contributed by atoms with van der Waals surface area (Å²) in [4.78, 5) is 14.2. The SMILES string of the molecule is Cc1cc(C)c2c(c1)OCCN2C(=O)NCC(C)(C)C. The average Bonchev–Trinajstić information content (AvgIpc) is 2.33. The highest BCUT2D eigenvalue weighted by atomic mass is 16.5. The second-order valence-electron chi connectivity index (χ2n) is 6.65. The highest BCUT2D eigenvalue weighted by molar-refractivity contribution is 5.95. The number of rotatable bonds is 1. The number of hydrogen-bond acceptors (Lipinski definition) is 2. The van der Waals surface area contributed by atoms with Gasteiger partial charge in [-0.2, -0.15) is 0 Å². The highest BCUT2D eigenvalue weighted by Crippen LogP contribution is 2.35. The molecule has 0 saturated heterocycles. The van der Waals surface area contributed by atoms with E-state index in [1.165, 1.54) is 0 Å². The van der Waals surface area contributed by atoms with Crippen molar-refractivity contribution in [3.8, 4) is 5.75 Å². The van der Waals surface area contributed by atoms with Crippen molar-refractivity contribution in [3.05, 3.63) is 23.3 Å². The molecule has 0 atom stereocenters. The van der Waals surface area contributed by atoms with Crippen molar-refractivity contribution in [3.63, 3.8) is 0 Å². The topological polar surface area (TPSA) is 41.6 Å². The molecular formula is C16H24N2O2. The minimum Gasteiger partial charge on any atom is -0.490 e. The zero-order valence-corrected chi connectivity index (χ0v) is 13.0. The molecule has 4 nitrogen and oxygen atoms in total. The first-order valence-corrected chi connectivity index (χ1v) is 7.07. The summed E-state index contributed by atoms with van der Waals surface area (Å²) in [7, 11) is 0. The van der Waals surface area contributed by atoms with Crippen LogP contribution in [0.5, 0.6) is 5.75 Å². The molecule has 0 aromatic heterocycles. The zero-order chi connectivity index (χ0) is 14.9. The van der Waals surface area contributed by atoms with Gasteiger partial charge in [-0.05, 0) is 36.5 Å². The van der Waals surface area contributed by atoms with Crippen molar-refractivity contribution in [1.82, 2.24) is 5.32 Å². The van der Waals surface area contributed by atoms with Gasteiger partial charge < -0.3 is 10.1 Å².